The van der Waals surface area contributed by atoms with Crippen LogP contribution in [0.25, 0.3) is 0 Å². The predicted molar refractivity (Wildman–Crippen MR) is 103 cm³/mol. The van der Waals surface area contributed by atoms with Gasteiger partial charge in [-0.3, -0.25) is 9.69 Å². The van der Waals surface area contributed by atoms with Crippen molar-refractivity contribution in [2.24, 2.45) is 5.92 Å². The van der Waals surface area contributed by atoms with Crippen molar-refractivity contribution in [2.45, 2.75) is 25.8 Å². The molecule has 3 rings (SSSR count). The summed E-state index contributed by atoms with van der Waals surface area (Å²) in [6.07, 6.45) is 1.35. The SMILES string of the molecule is CCOc1ccc(C(c2ccc(Cl)cc2)N2CCC(C(=O)O)CC2)cc1. The molecule has 2 aromatic carbocycles. The third-order valence-electron chi connectivity index (χ3n) is 4.94. The van der Waals surface area contributed by atoms with E-state index < -0.39 is 5.97 Å². The number of halogens is 1. The average Bonchev–Trinajstić information content (AvgIpc) is 2.65. The van der Waals surface area contributed by atoms with E-state index in [9.17, 15) is 9.90 Å². The Hall–Kier alpha value is -2.04. The van der Waals surface area contributed by atoms with Gasteiger partial charge in [0, 0.05) is 5.02 Å². The summed E-state index contributed by atoms with van der Waals surface area (Å²) in [7, 11) is 0. The van der Waals surface area contributed by atoms with Gasteiger partial charge in [-0.15, -0.1) is 0 Å². The van der Waals surface area contributed by atoms with Crippen LogP contribution in [-0.2, 0) is 4.79 Å². The van der Waals surface area contributed by atoms with Crippen molar-refractivity contribution in [3.63, 3.8) is 0 Å². The summed E-state index contributed by atoms with van der Waals surface area (Å²) in [6.45, 7) is 4.13. The second-order valence-corrected chi connectivity index (χ2v) is 7.04. The largest absolute Gasteiger partial charge is 0.494 e. The number of benzene rings is 2. The van der Waals surface area contributed by atoms with Gasteiger partial charge in [-0.05, 0) is 68.2 Å². The fourth-order valence-corrected chi connectivity index (χ4v) is 3.70. The maximum Gasteiger partial charge on any atom is 0.306 e. The standard InChI is InChI=1S/C21H24ClNO3/c1-2-26-19-9-5-16(6-10-19)20(15-3-7-18(22)8-4-15)23-13-11-17(12-14-23)21(24)25/h3-10,17,20H,2,11-14H2,1H3,(H,24,25). The molecule has 1 unspecified atom stereocenters. The van der Waals surface area contributed by atoms with Gasteiger partial charge in [-0.2, -0.15) is 0 Å². The van der Waals surface area contributed by atoms with E-state index in [4.69, 9.17) is 16.3 Å². The molecule has 1 aliphatic rings. The maximum absolute atomic E-state index is 11.3. The smallest absolute Gasteiger partial charge is 0.306 e. The van der Waals surface area contributed by atoms with Gasteiger partial charge < -0.3 is 9.84 Å². The number of rotatable bonds is 6. The summed E-state index contributed by atoms with van der Waals surface area (Å²) in [5.74, 6) is -0.0677. The molecule has 0 aromatic heterocycles. The summed E-state index contributed by atoms with van der Waals surface area (Å²) in [5.41, 5.74) is 2.33. The van der Waals surface area contributed by atoms with Crippen molar-refractivity contribution >= 4 is 17.6 Å². The van der Waals surface area contributed by atoms with Gasteiger partial charge in [0.1, 0.15) is 5.75 Å². The number of piperidine rings is 1. The molecule has 1 fully saturated rings. The Bertz CT molecular complexity index is 722. The van der Waals surface area contributed by atoms with Crippen LogP contribution < -0.4 is 4.74 Å². The van der Waals surface area contributed by atoms with E-state index in [1.807, 2.05) is 43.3 Å². The van der Waals surface area contributed by atoms with Crippen LogP contribution in [0.4, 0.5) is 0 Å². The third kappa shape index (κ3) is 4.37. The van der Waals surface area contributed by atoms with Crippen molar-refractivity contribution in [1.82, 2.24) is 4.90 Å². The predicted octanol–water partition coefficient (Wildman–Crippen LogP) is 4.62. The molecule has 0 amide bonds. The van der Waals surface area contributed by atoms with E-state index in [-0.39, 0.29) is 12.0 Å². The molecule has 0 saturated carbocycles. The second kappa shape index (κ2) is 8.56. The van der Waals surface area contributed by atoms with Crippen molar-refractivity contribution < 1.29 is 14.6 Å². The number of aliphatic carboxylic acids is 1. The second-order valence-electron chi connectivity index (χ2n) is 6.60. The van der Waals surface area contributed by atoms with Crippen molar-refractivity contribution in [2.75, 3.05) is 19.7 Å². The molecular weight excluding hydrogens is 350 g/mol. The summed E-state index contributed by atoms with van der Waals surface area (Å²) in [6, 6.07) is 16.2. The first kappa shape index (κ1) is 18.7. The Balaban J connectivity index is 1.87. The molecule has 0 radical (unpaired) electrons. The van der Waals surface area contributed by atoms with E-state index in [2.05, 4.69) is 17.0 Å². The number of carboxylic acid groups (broad SMARTS) is 1. The summed E-state index contributed by atoms with van der Waals surface area (Å²) >= 11 is 6.06. The van der Waals surface area contributed by atoms with Gasteiger partial charge in [0.15, 0.2) is 0 Å². The number of carbonyl (C=O) groups is 1. The number of nitrogens with zero attached hydrogens (tertiary/aromatic N) is 1. The molecular formula is C21H24ClNO3. The first-order valence-corrected chi connectivity index (χ1v) is 9.41. The maximum atomic E-state index is 11.3. The molecule has 0 spiro atoms. The summed E-state index contributed by atoms with van der Waals surface area (Å²) < 4.78 is 5.55. The minimum absolute atomic E-state index is 0.0812. The fourth-order valence-electron chi connectivity index (χ4n) is 3.58. The number of hydrogen-bond acceptors (Lipinski definition) is 3. The molecule has 1 atom stereocenters. The first-order valence-electron chi connectivity index (χ1n) is 9.03. The van der Waals surface area contributed by atoms with Gasteiger partial charge in [-0.25, -0.2) is 0 Å². The minimum atomic E-state index is -0.686. The van der Waals surface area contributed by atoms with Crippen molar-refractivity contribution in [1.29, 1.82) is 0 Å². The number of ether oxygens (including phenoxy) is 1. The molecule has 26 heavy (non-hydrogen) atoms. The van der Waals surface area contributed by atoms with Crippen molar-refractivity contribution in [3.05, 3.63) is 64.7 Å². The Morgan fingerprint density at radius 1 is 1.12 bits per heavy atom. The molecule has 1 saturated heterocycles. The molecule has 138 valence electrons. The van der Waals surface area contributed by atoms with Crippen LogP contribution in [0, 0.1) is 5.92 Å². The highest BCUT2D eigenvalue weighted by atomic mass is 35.5. The fraction of sp³-hybridized carbons (Fsp3) is 0.381. The first-order chi connectivity index (χ1) is 12.6. The zero-order valence-corrected chi connectivity index (χ0v) is 15.7. The number of likely N-dealkylation sites (tertiary alicyclic amines) is 1. The van der Waals surface area contributed by atoms with E-state index in [0.717, 1.165) is 24.4 Å². The molecule has 1 heterocycles. The normalized spacial score (nSPS) is 17.0. The highest BCUT2D eigenvalue weighted by Gasteiger charge is 2.30. The lowest BCUT2D eigenvalue weighted by Crippen LogP contribution is -2.39. The quantitative estimate of drug-likeness (QED) is 0.802. The molecule has 5 heteroatoms. The lowest BCUT2D eigenvalue weighted by Gasteiger charge is -2.37. The van der Waals surface area contributed by atoms with Crippen LogP contribution in [0.15, 0.2) is 48.5 Å². The number of carboxylic acids is 1. The molecule has 2 aromatic rings. The zero-order valence-electron chi connectivity index (χ0n) is 14.9. The third-order valence-corrected chi connectivity index (χ3v) is 5.19. The van der Waals surface area contributed by atoms with E-state index in [0.29, 0.717) is 24.5 Å². The highest BCUT2D eigenvalue weighted by Crippen LogP contribution is 2.33. The van der Waals surface area contributed by atoms with E-state index >= 15 is 0 Å². The zero-order chi connectivity index (χ0) is 18.5. The molecule has 0 bridgehead atoms. The lowest BCUT2D eigenvalue weighted by atomic mass is 9.91. The Labute approximate surface area is 159 Å². The van der Waals surface area contributed by atoms with Gasteiger partial charge in [-0.1, -0.05) is 35.9 Å². The van der Waals surface area contributed by atoms with Crippen LogP contribution in [-0.4, -0.2) is 35.7 Å². The minimum Gasteiger partial charge on any atom is -0.494 e. The Kier molecular flexibility index (Phi) is 6.17. The van der Waals surface area contributed by atoms with Gasteiger partial charge in [0.2, 0.25) is 0 Å². The van der Waals surface area contributed by atoms with Gasteiger partial charge >= 0.3 is 5.97 Å². The van der Waals surface area contributed by atoms with Gasteiger partial charge in [0.25, 0.3) is 0 Å². The number of hydrogen-bond donors (Lipinski definition) is 1. The molecule has 4 nitrogen and oxygen atoms in total. The van der Waals surface area contributed by atoms with Crippen LogP contribution in [0.5, 0.6) is 5.75 Å². The molecule has 1 aliphatic heterocycles. The van der Waals surface area contributed by atoms with Crippen LogP contribution in [0.2, 0.25) is 5.02 Å². The van der Waals surface area contributed by atoms with Crippen LogP contribution >= 0.6 is 11.6 Å². The van der Waals surface area contributed by atoms with Crippen molar-refractivity contribution in [3.8, 4) is 5.75 Å². The topological polar surface area (TPSA) is 49.8 Å². The summed E-state index contributed by atoms with van der Waals surface area (Å²) in [4.78, 5) is 13.6. The van der Waals surface area contributed by atoms with Gasteiger partial charge in [0.05, 0.1) is 18.6 Å². The Morgan fingerprint density at radius 2 is 1.65 bits per heavy atom. The summed E-state index contributed by atoms with van der Waals surface area (Å²) in [5, 5.41) is 9.97. The Morgan fingerprint density at radius 3 is 2.15 bits per heavy atom. The van der Waals surface area contributed by atoms with Crippen LogP contribution in [0.1, 0.15) is 36.9 Å². The average molecular weight is 374 g/mol. The van der Waals surface area contributed by atoms with E-state index in [1.165, 1.54) is 5.56 Å². The molecule has 0 aliphatic carbocycles. The van der Waals surface area contributed by atoms with Crippen LogP contribution in [0.3, 0.4) is 0 Å². The lowest BCUT2D eigenvalue weighted by molar-refractivity contribution is -0.143. The van der Waals surface area contributed by atoms with E-state index in [1.54, 1.807) is 0 Å². The highest BCUT2D eigenvalue weighted by molar-refractivity contribution is 6.30. The molecule has 1 N–H and O–H groups in total. The monoisotopic (exact) mass is 373 g/mol.